The Labute approximate surface area is 127 Å². The topological polar surface area (TPSA) is 29.3 Å². The van der Waals surface area contributed by atoms with Crippen LogP contribution in [0, 0.1) is 5.82 Å². The van der Waals surface area contributed by atoms with Crippen LogP contribution in [-0.4, -0.2) is 7.05 Å². The fourth-order valence-electron chi connectivity index (χ4n) is 2.30. The minimum Gasteiger partial charge on any atom is -0.370 e. The average Bonchev–Trinajstić information content (AvgIpc) is 2.37. The third-order valence-electron chi connectivity index (χ3n) is 3.21. The van der Waals surface area contributed by atoms with E-state index in [1.54, 1.807) is 13.0 Å². The quantitative estimate of drug-likeness (QED) is 0.904. The Morgan fingerprint density at radius 2 is 1.95 bits per heavy atom. The van der Waals surface area contributed by atoms with E-state index in [1.807, 2.05) is 36.2 Å². The molecule has 0 aromatic heterocycles. The summed E-state index contributed by atoms with van der Waals surface area (Å²) in [5, 5.41) is 0. The highest BCUT2D eigenvalue weighted by Crippen LogP contribution is 2.28. The minimum absolute atomic E-state index is 0.251. The zero-order valence-electron chi connectivity index (χ0n) is 11.6. The molecule has 2 rings (SSSR count). The summed E-state index contributed by atoms with van der Waals surface area (Å²) in [6, 6.07) is 12.8. The van der Waals surface area contributed by atoms with Crippen LogP contribution < -0.4 is 10.6 Å². The Morgan fingerprint density at radius 3 is 2.60 bits per heavy atom. The van der Waals surface area contributed by atoms with Crippen molar-refractivity contribution >= 4 is 21.6 Å². The molecule has 2 N–H and O–H groups in total. The van der Waals surface area contributed by atoms with Crippen LogP contribution in [0.25, 0.3) is 0 Å². The molecular formula is C16H18BrFN2. The van der Waals surface area contributed by atoms with E-state index in [1.165, 1.54) is 6.07 Å². The molecule has 2 aromatic rings. The second-order valence-electron chi connectivity index (χ2n) is 4.95. The highest BCUT2D eigenvalue weighted by molar-refractivity contribution is 9.10. The standard InChI is InChI=1S/C16H18BrFN2/c1-11(19)16-14(18)7-4-8-15(16)20(2)10-12-5-3-6-13(17)9-12/h3-9,11H,10,19H2,1-2H3. The first-order chi connectivity index (χ1) is 9.49. The van der Waals surface area contributed by atoms with E-state index in [2.05, 4.69) is 22.0 Å². The number of benzene rings is 2. The fourth-order valence-corrected chi connectivity index (χ4v) is 2.75. The summed E-state index contributed by atoms with van der Waals surface area (Å²) >= 11 is 3.46. The van der Waals surface area contributed by atoms with Gasteiger partial charge in [-0.25, -0.2) is 4.39 Å². The summed E-state index contributed by atoms with van der Waals surface area (Å²) < 4.78 is 15.0. The Bertz CT molecular complexity index is 599. The molecule has 20 heavy (non-hydrogen) atoms. The molecule has 106 valence electrons. The Kier molecular flexibility index (Phi) is 4.78. The van der Waals surface area contributed by atoms with Crippen LogP contribution >= 0.6 is 15.9 Å². The van der Waals surface area contributed by atoms with Crippen LogP contribution in [0.4, 0.5) is 10.1 Å². The lowest BCUT2D eigenvalue weighted by Gasteiger charge is -2.24. The lowest BCUT2D eigenvalue weighted by Crippen LogP contribution is -2.21. The van der Waals surface area contributed by atoms with E-state index in [0.29, 0.717) is 12.1 Å². The molecule has 1 atom stereocenters. The first-order valence-electron chi connectivity index (χ1n) is 6.48. The van der Waals surface area contributed by atoms with Gasteiger partial charge >= 0.3 is 0 Å². The maximum absolute atomic E-state index is 13.9. The maximum Gasteiger partial charge on any atom is 0.130 e. The number of nitrogens with zero attached hydrogens (tertiary/aromatic N) is 1. The number of nitrogens with two attached hydrogens (primary N) is 1. The first-order valence-corrected chi connectivity index (χ1v) is 7.28. The van der Waals surface area contributed by atoms with E-state index >= 15 is 0 Å². The number of anilines is 1. The van der Waals surface area contributed by atoms with Gasteiger partial charge in [0.15, 0.2) is 0 Å². The van der Waals surface area contributed by atoms with Gasteiger partial charge in [0.2, 0.25) is 0 Å². The summed E-state index contributed by atoms with van der Waals surface area (Å²) in [5.74, 6) is -0.251. The maximum atomic E-state index is 13.9. The van der Waals surface area contributed by atoms with Crippen molar-refractivity contribution in [3.05, 3.63) is 63.9 Å². The van der Waals surface area contributed by atoms with Crippen LogP contribution in [0.2, 0.25) is 0 Å². The molecule has 0 aliphatic heterocycles. The van der Waals surface area contributed by atoms with Gasteiger partial charge in [-0.1, -0.05) is 34.1 Å². The van der Waals surface area contributed by atoms with Crippen molar-refractivity contribution in [3.8, 4) is 0 Å². The van der Waals surface area contributed by atoms with Gasteiger partial charge in [0, 0.05) is 35.4 Å². The molecule has 0 amide bonds. The lowest BCUT2D eigenvalue weighted by molar-refractivity contribution is 0.592. The molecule has 0 saturated carbocycles. The van der Waals surface area contributed by atoms with E-state index in [4.69, 9.17) is 5.73 Å². The number of hydrogen-bond acceptors (Lipinski definition) is 2. The van der Waals surface area contributed by atoms with Gasteiger partial charge in [0.05, 0.1) is 0 Å². The third-order valence-corrected chi connectivity index (χ3v) is 3.70. The van der Waals surface area contributed by atoms with Crippen molar-refractivity contribution in [2.24, 2.45) is 5.73 Å². The van der Waals surface area contributed by atoms with E-state index in [9.17, 15) is 4.39 Å². The Morgan fingerprint density at radius 1 is 1.25 bits per heavy atom. The van der Waals surface area contributed by atoms with Crippen molar-refractivity contribution in [2.75, 3.05) is 11.9 Å². The summed E-state index contributed by atoms with van der Waals surface area (Å²) in [4.78, 5) is 2.02. The fraction of sp³-hybridized carbons (Fsp3) is 0.250. The normalized spacial score (nSPS) is 12.2. The average molecular weight is 337 g/mol. The van der Waals surface area contributed by atoms with Crippen molar-refractivity contribution in [1.29, 1.82) is 0 Å². The second kappa shape index (κ2) is 6.37. The summed E-state index contributed by atoms with van der Waals surface area (Å²) in [7, 11) is 1.95. The van der Waals surface area contributed by atoms with Gasteiger partial charge in [-0.15, -0.1) is 0 Å². The van der Waals surface area contributed by atoms with E-state index < -0.39 is 0 Å². The van der Waals surface area contributed by atoms with Gasteiger partial charge < -0.3 is 10.6 Å². The SMILES string of the molecule is CC(N)c1c(F)cccc1N(C)Cc1cccc(Br)c1. The second-order valence-corrected chi connectivity index (χ2v) is 5.86. The van der Waals surface area contributed by atoms with Crippen molar-refractivity contribution in [3.63, 3.8) is 0 Å². The molecule has 0 spiro atoms. The Hall–Kier alpha value is -1.39. The van der Waals surface area contributed by atoms with Crippen molar-refractivity contribution < 1.29 is 4.39 Å². The molecule has 4 heteroatoms. The molecule has 0 aliphatic rings. The third kappa shape index (κ3) is 3.38. The molecule has 2 nitrogen and oxygen atoms in total. The highest BCUT2D eigenvalue weighted by atomic mass is 79.9. The smallest absolute Gasteiger partial charge is 0.130 e. The monoisotopic (exact) mass is 336 g/mol. The van der Waals surface area contributed by atoms with Gasteiger partial charge in [-0.05, 0) is 36.8 Å². The van der Waals surface area contributed by atoms with Crippen molar-refractivity contribution in [2.45, 2.75) is 19.5 Å². The molecule has 2 aromatic carbocycles. The van der Waals surface area contributed by atoms with Crippen LogP contribution in [0.3, 0.4) is 0 Å². The van der Waals surface area contributed by atoms with Crippen LogP contribution in [0.1, 0.15) is 24.1 Å². The predicted molar refractivity (Wildman–Crippen MR) is 85.3 cm³/mol. The molecule has 0 heterocycles. The van der Waals surface area contributed by atoms with Gasteiger partial charge in [-0.3, -0.25) is 0 Å². The van der Waals surface area contributed by atoms with Crippen LogP contribution in [0.15, 0.2) is 46.9 Å². The molecule has 0 fully saturated rings. The van der Waals surface area contributed by atoms with Gasteiger partial charge in [0.1, 0.15) is 5.82 Å². The molecule has 1 unspecified atom stereocenters. The molecule has 0 saturated heterocycles. The van der Waals surface area contributed by atoms with Crippen molar-refractivity contribution in [1.82, 2.24) is 0 Å². The van der Waals surface area contributed by atoms with Crippen LogP contribution in [0.5, 0.6) is 0 Å². The van der Waals surface area contributed by atoms with E-state index in [-0.39, 0.29) is 11.9 Å². The number of rotatable bonds is 4. The summed E-state index contributed by atoms with van der Waals surface area (Å²) in [5.41, 5.74) is 8.44. The minimum atomic E-state index is -0.337. The first kappa shape index (κ1) is 15.0. The largest absolute Gasteiger partial charge is 0.370 e. The molecule has 0 radical (unpaired) electrons. The van der Waals surface area contributed by atoms with Gasteiger partial charge in [0.25, 0.3) is 0 Å². The summed E-state index contributed by atoms with van der Waals surface area (Å²) in [6.45, 7) is 2.50. The zero-order valence-corrected chi connectivity index (χ0v) is 13.2. The number of hydrogen-bond donors (Lipinski definition) is 1. The zero-order chi connectivity index (χ0) is 14.7. The number of halogens is 2. The molecule has 0 aliphatic carbocycles. The Balaban J connectivity index is 2.30. The summed E-state index contributed by atoms with van der Waals surface area (Å²) in [6.07, 6.45) is 0. The molecule has 0 bridgehead atoms. The van der Waals surface area contributed by atoms with Gasteiger partial charge in [-0.2, -0.15) is 0 Å². The highest BCUT2D eigenvalue weighted by Gasteiger charge is 2.15. The lowest BCUT2D eigenvalue weighted by atomic mass is 10.0. The predicted octanol–water partition coefficient (Wildman–Crippen LogP) is 4.24. The van der Waals surface area contributed by atoms with E-state index in [0.717, 1.165) is 15.7 Å². The molecular weight excluding hydrogens is 319 g/mol. The van der Waals surface area contributed by atoms with Crippen LogP contribution in [-0.2, 0) is 6.54 Å².